The van der Waals surface area contributed by atoms with E-state index in [1.54, 1.807) is 0 Å². The van der Waals surface area contributed by atoms with E-state index in [1.165, 1.54) is 0 Å². The lowest BCUT2D eigenvalue weighted by Crippen LogP contribution is -2.39. The van der Waals surface area contributed by atoms with E-state index in [2.05, 4.69) is 15.9 Å². The van der Waals surface area contributed by atoms with E-state index in [0.29, 0.717) is 19.6 Å². The molecule has 22 heavy (non-hydrogen) atoms. The van der Waals surface area contributed by atoms with Crippen molar-refractivity contribution >= 4 is 21.9 Å². The smallest absolute Gasteiger partial charge is 0.316 e. The van der Waals surface area contributed by atoms with Crippen molar-refractivity contribution < 1.29 is 14.3 Å². The van der Waals surface area contributed by atoms with Crippen LogP contribution in [-0.2, 0) is 21.6 Å². The second-order valence-corrected chi connectivity index (χ2v) is 6.46. The molecule has 1 atom stereocenters. The molecule has 1 heterocycles. The van der Waals surface area contributed by atoms with Crippen molar-refractivity contribution in [3.63, 3.8) is 0 Å². The van der Waals surface area contributed by atoms with Gasteiger partial charge in [-0.05, 0) is 34.5 Å². The summed E-state index contributed by atoms with van der Waals surface area (Å²) in [5.41, 5.74) is 1.19. The molecule has 0 unspecified atom stereocenters. The number of esters is 1. The van der Waals surface area contributed by atoms with Gasteiger partial charge in [0.15, 0.2) is 0 Å². The van der Waals surface area contributed by atoms with Gasteiger partial charge >= 0.3 is 5.97 Å². The predicted octanol–water partition coefficient (Wildman–Crippen LogP) is 4.23. The topological polar surface area (TPSA) is 35.5 Å². The third kappa shape index (κ3) is 2.75. The van der Waals surface area contributed by atoms with Crippen molar-refractivity contribution in [3.8, 4) is 5.75 Å². The van der Waals surface area contributed by atoms with Gasteiger partial charge in [0.05, 0.1) is 16.5 Å². The highest BCUT2D eigenvalue weighted by molar-refractivity contribution is 9.10. The van der Waals surface area contributed by atoms with Gasteiger partial charge < -0.3 is 9.47 Å². The normalized spacial score (nSPS) is 19.9. The van der Waals surface area contributed by atoms with E-state index < -0.39 is 5.41 Å². The van der Waals surface area contributed by atoms with Gasteiger partial charge in [0.1, 0.15) is 12.4 Å². The SMILES string of the molecule is C[C@@]1(C(=O)OCc2ccccc2)CCOc2c(Br)cccc21. The molecule has 0 aromatic heterocycles. The first kappa shape index (κ1) is 15.1. The van der Waals surface area contributed by atoms with Crippen LogP contribution in [-0.4, -0.2) is 12.6 Å². The molecule has 2 aromatic rings. The van der Waals surface area contributed by atoms with Gasteiger partial charge in [-0.15, -0.1) is 0 Å². The van der Waals surface area contributed by atoms with Crippen molar-refractivity contribution in [1.82, 2.24) is 0 Å². The van der Waals surface area contributed by atoms with Crippen LogP contribution in [0.25, 0.3) is 0 Å². The Bertz CT molecular complexity index is 684. The fourth-order valence-electron chi connectivity index (χ4n) is 2.68. The van der Waals surface area contributed by atoms with Crippen molar-refractivity contribution in [1.29, 1.82) is 0 Å². The Labute approximate surface area is 138 Å². The first-order valence-electron chi connectivity index (χ1n) is 7.24. The molecule has 0 radical (unpaired) electrons. The van der Waals surface area contributed by atoms with Gasteiger partial charge in [0.25, 0.3) is 0 Å². The fourth-order valence-corrected chi connectivity index (χ4v) is 3.16. The van der Waals surface area contributed by atoms with E-state index >= 15 is 0 Å². The Morgan fingerprint density at radius 1 is 1.23 bits per heavy atom. The summed E-state index contributed by atoms with van der Waals surface area (Å²) in [6.45, 7) is 2.72. The molecule has 3 rings (SSSR count). The van der Waals surface area contributed by atoms with E-state index in [0.717, 1.165) is 21.3 Å². The Hall–Kier alpha value is -1.81. The fraction of sp³-hybridized carbons (Fsp3) is 0.278. The van der Waals surface area contributed by atoms with Crippen molar-refractivity contribution in [2.24, 2.45) is 0 Å². The van der Waals surface area contributed by atoms with Crippen LogP contribution >= 0.6 is 15.9 Å². The molecular formula is C18H17BrO3. The van der Waals surface area contributed by atoms with Gasteiger partial charge in [-0.3, -0.25) is 4.79 Å². The molecule has 0 saturated heterocycles. The average molecular weight is 361 g/mol. The number of rotatable bonds is 3. The first-order chi connectivity index (χ1) is 10.6. The molecule has 0 aliphatic carbocycles. The van der Waals surface area contributed by atoms with Crippen LogP contribution in [0.2, 0.25) is 0 Å². The summed E-state index contributed by atoms with van der Waals surface area (Å²) in [6, 6.07) is 15.5. The van der Waals surface area contributed by atoms with Crippen LogP contribution in [0.15, 0.2) is 53.0 Å². The molecule has 0 fully saturated rings. The van der Waals surface area contributed by atoms with E-state index in [4.69, 9.17) is 9.47 Å². The second kappa shape index (κ2) is 6.13. The minimum atomic E-state index is -0.674. The molecule has 0 spiro atoms. The highest BCUT2D eigenvalue weighted by Gasteiger charge is 2.42. The molecule has 0 amide bonds. The lowest BCUT2D eigenvalue weighted by Gasteiger charge is -2.34. The Balaban J connectivity index is 1.82. The summed E-state index contributed by atoms with van der Waals surface area (Å²) < 4.78 is 12.1. The summed E-state index contributed by atoms with van der Waals surface area (Å²) in [5.74, 6) is 0.534. The molecule has 114 valence electrons. The first-order valence-corrected chi connectivity index (χ1v) is 8.03. The van der Waals surface area contributed by atoms with Gasteiger partial charge in [-0.2, -0.15) is 0 Å². The summed E-state index contributed by atoms with van der Waals surface area (Å²) >= 11 is 3.48. The van der Waals surface area contributed by atoms with Gasteiger partial charge in [0, 0.05) is 12.0 Å². The number of fused-ring (bicyclic) bond motifs is 1. The second-order valence-electron chi connectivity index (χ2n) is 5.61. The highest BCUT2D eigenvalue weighted by Crippen LogP contribution is 2.43. The van der Waals surface area contributed by atoms with Crippen LogP contribution in [0, 0.1) is 0 Å². The number of benzene rings is 2. The Morgan fingerprint density at radius 3 is 2.77 bits per heavy atom. The van der Waals surface area contributed by atoms with Crippen LogP contribution in [0.4, 0.5) is 0 Å². The van der Waals surface area contributed by atoms with Crippen LogP contribution < -0.4 is 4.74 Å². The molecule has 0 saturated carbocycles. The molecule has 1 aliphatic heterocycles. The molecule has 1 aliphatic rings. The summed E-state index contributed by atoms with van der Waals surface area (Å²) in [7, 11) is 0. The van der Waals surface area contributed by atoms with Crippen molar-refractivity contribution in [2.45, 2.75) is 25.4 Å². The van der Waals surface area contributed by atoms with Crippen LogP contribution in [0.1, 0.15) is 24.5 Å². The van der Waals surface area contributed by atoms with Gasteiger partial charge in [-0.1, -0.05) is 42.5 Å². The maximum Gasteiger partial charge on any atom is 0.316 e. The maximum absolute atomic E-state index is 12.7. The molecule has 0 N–H and O–H groups in total. The number of carbonyl (C=O) groups is 1. The minimum Gasteiger partial charge on any atom is -0.492 e. The average Bonchev–Trinajstić information content (AvgIpc) is 2.55. The van der Waals surface area contributed by atoms with Crippen LogP contribution in [0.3, 0.4) is 0 Å². The molecule has 2 aromatic carbocycles. The molecular weight excluding hydrogens is 344 g/mol. The van der Waals surface area contributed by atoms with Crippen molar-refractivity contribution in [2.75, 3.05) is 6.61 Å². The number of ether oxygens (including phenoxy) is 2. The third-order valence-corrected chi connectivity index (χ3v) is 4.70. The van der Waals surface area contributed by atoms with E-state index in [9.17, 15) is 4.79 Å². The summed E-state index contributed by atoms with van der Waals surface area (Å²) in [6.07, 6.45) is 0.615. The highest BCUT2D eigenvalue weighted by atomic mass is 79.9. The number of hydrogen-bond acceptors (Lipinski definition) is 3. The van der Waals surface area contributed by atoms with Crippen LogP contribution in [0.5, 0.6) is 5.75 Å². The van der Waals surface area contributed by atoms with Crippen molar-refractivity contribution in [3.05, 3.63) is 64.1 Å². The lowest BCUT2D eigenvalue weighted by atomic mass is 9.78. The van der Waals surface area contributed by atoms with E-state index in [1.807, 2.05) is 55.5 Å². The quantitative estimate of drug-likeness (QED) is 0.768. The number of para-hydroxylation sites is 1. The molecule has 4 heteroatoms. The zero-order chi connectivity index (χ0) is 15.6. The monoisotopic (exact) mass is 360 g/mol. The largest absolute Gasteiger partial charge is 0.492 e. The summed E-state index contributed by atoms with van der Waals surface area (Å²) in [4.78, 5) is 12.7. The maximum atomic E-state index is 12.7. The van der Waals surface area contributed by atoms with Gasteiger partial charge in [-0.25, -0.2) is 0 Å². The lowest BCUT2D eigenvalue weighted by molar-refractivity contribution is -0.152. The number of carbonyl (C=O) groups excluding carboxylic acids is 1. The molecule has 0 bridgehead atoms. The zero-order valence-electron chi connectivity index (χ0n) is 12.3. The van der Waals surface area contributed by atoms with E-state index in [-0.39, 0.29) is 5.97 Å². The minimum absolute atomic E-state index is 0.209. The third-order valence-electron chi connectivity index (χ3n) is 4.07. The Kier molecular flexibility index (Phi) is 4.21. The predicted molar refractivity (Wildman–Crippen MR) is 87.8 cm³/mol. The standard InChI is InChI=1S/C18H17BrO3/c1-18(17(20)22-12-13-6-3-2-4-7-13)10-11-21-16-14(18)8-5-9-15(16)19/h2-9H,10-12H2,1H3/t18-/m1/s1. The number of halogens is 1. The Morgan fingerprint density at radius 2 is 2.00 bits per heavy atom. The number of hydrogen-bond donors (Lipinski definition) is 0. The zero-order valence-corrected chi connectivity index (χ0v) is 13.9. The van der Waals surface area contributed by atoms with Gasteiger partial charge in [0.2, 0.25) is 0 Å². The summed E-state index contributed by atoms with van der Waals surface area (Å²) in [5, 5.41) is 0. The molecule has 3 nitrogen and oxygen atoms in total.